The number of fused-ring (bicyclic) bond motifs is 6. The van der Waals surface area contributed by atoms with E-state index in [9.17, 15) is 0 Å². The number of para-hydroxylation sites is 1. The first-order valence-electron chi connectivity index (χ1n) is 10.6. The van der Waals surface area contributed by atoms with Gasteiger partial charge in [0.2, 0.25) is 0 Å². The topological polar surface area (TPSA) is 26.0 Å². The molecule has 0 radical (unpaired) electrons. The van der Waals surface area contributed by atoms with Crippen LogP contribution in [-0.4, -0.2) is 4.98 Å². The molecule has 0 fully saturated rings. The fourth-order valence-electron chi connectivity index (χ4n) is 4.73. The molecule has 3 heterocycles. The normalized spacial score (nSPS) is 11.8. The lowest BCUT2D eigenvalue weighted by atomic mass is 9.94. The van der Waals surface area contributed by atoms with E-state index in [0.717, 1.165) is 33.4 Å². The van der Waals surface area contributed by atoms with Crippen LogP contribution in [0.2, 0.25) is 0 Å². The van der Waals surface area contributed by atoms with Gasteiger partial charge in [-0.1, -0.05) is 66.7 Å². The molecule has 7 aromatic rings. The maximum atomic E-state index is 6.32. The molecule has 0 N–H and O–H groups in total. The van der Waals surface area contributed by atoms with Crippen LogP contribution in [0.4, 0.5) is 0 Å². The van der Waals surface area contributed by atoms with Crippen molar-refractivity contribution in [2.75, 3.05) is 0 Å². The molecule has 4 aromatic carbocycles. The number of benzene rings is 4. The second-order valence-electron chi connectivity index (χ2n) is 7.99. The number of nitrogens with zero attached hydrogens (tertiary/aromatic N) is 1. The van der Waals surface area contributed by atoms with Gasteiger partial charge < -0.3 is 4.42 Å². The van der Waals surface area contributed by atoms with Gasteiger partial charge in [0.15, 0.2) is 0 Å². The van der Waals surface area contributed by atoms with Gasteiger partial charge in [-0.2, -0.15) is 0 Å². The van der Waals surface area contributed by atoms with E-state index in [4.69, 9.17) is 4.42 Å². The quantitative estimate of drug-likeness (QED) is 0.276. The Morgan fingerprint density at radius 2 is 1.38 bits per heavy atom. The monoisotopic (exact) mass is 427 g/mol. The molecule has 0 saturated carbocycles. The van der Waals surface area contributed by atoms with Crippen molar-refractivity contribution in [3.8, 4) is 22.4 Å². The molecule has 0 spiro atoms. The third kappa shape index (κ3) is 2.55. The Morgan fingerprint density at radius 3 is 2.28 bits per heavy atom. The SMILES string of the molecule is c1ccc(-c2cc(-c3c4c(cc5sc6ccccc6c35)oc3ccccc34)ccn2)cc1. The van der Waals surface area contributed by atoms with Crippen LogP contribution in [0.1, 0.15) is 0 Å². The molecule has 32 heavy (non-hydrogen) atoms. The smallest absolute Gasteiger partial charge is 0.137 e. The highest BCUT2D eigenvalue weighted by atomic mass is 32.1. The van der Waals surface area contributed by atoms with E-state index in [-0.39, 0.29) is 0 Å². The van der Waals surface area contributed by atoms with E-state index in [2.05, 4.69) is 83.8 Å². The predicted molar refractivity (Wildman–Crippen MR) is 135 cm³/mol. The first kappa shape index (κ1) is 17.7. The highest BCUT2D eigenvalue weighted by Crippen LogP contribution is 2.47. The average molecular weight is 428 g/mol. The Morgan fingerprint density at radius 1 is 0.594 bits per heavy atom. The minimum Gasteiger partial charge on any atom is -0.456 e. The fraction of sp³-hybridized carbons (Fsp3) is 0. The minimum absolute atomic E-state index is 0.919. The molecule has 0 atom stereocenters. The maximum absolute atomic E-state index is 6.32. The van der Waals surface area contributed by atoms with Crippen molar-refractivity contribution < 1.29 is 4.42 Å². The first-order chi connectivity index (χ1) is 15.9. The number of pyridine rings is 1. The zero-order valence-electron chi connectivity index (χ0n) is 17.1. The van der Waals surface area contributed by atoms with E-state index in [1.54, 1.807) is 0 Å². The lowest BCUT2D eigenvalue weighted by Crippen LogP contribution is -1.87. The molecular formula is C29H17NOS. The van der Waals surface area contributed by atoms with E-state index < -0.39 is 0 Å². The summed E-state index contributed by atoms with van der Waals surface area (Å²) in [5.74, 6) is 0. The summed E-state index contributed by atoms with van der Waals surface area (Å²) in [5.41, 5.74) is 6.32. The molecule has 3 aromatic heterocycles. The summed E-state index contributed by atoms with van der Waals surface area (Å²) in [6.45, 7) is 0. The molecule has 0 amide bonds. The molecule has 0 aliphatic rings. The van der Waals surface area contributed by atoms with Crippen molar-refractivity contribution >= 4 is 53.4 Å². The van der Waals surface area contributed by atoms with Gasteiger partial charge >= 0.3 is 0 Å². The Kier molecular flexibility index (Phi) is 3.75. The van der Waals surface area contributed by atoms with Gasteiger partial charge in [0.1, 0.15) is 11.2 Å². The number of rotatable bonds is 2. The average Bonchev–Trinajstić information content (AvgIpc) is 3.41. The number of thiophene rings is 1. The van der Waals surface area contributed by atoms with Crippen molar-refractivity contribution in [2.45, 2.75) is 0 Å². The number of hydrogen-bond donors (Lipinski definition) is 0. The van der Waals surface area contributed by atoms with Crippen LogP contribution < -0.4 is 0 Å². The standard InChI is InChI=1S/C29H17NOS/c1-2-8-18(9-3-1)22-16-19(14-15-30-22)27-28-20-10-4-6-12-23(20)31-24(28)17-26-29(27)21-11-5-7-13-25(21)32-26/h1-17H. The second-order valence-corrected chi connectivity index (χ2v) is 9.07. The number of aromatic nitrogens is 1. The van der Waals surface area contributed by atoms with Gasteiger partial charge in [0, 0.05) is 48.3 Å². The molecule has 2 nitrogen and oxygen atoms in total. The first-order valence-corrected chi connectivity index (χ1v) is 11.5. The van der Waals surface area contributed by atoms with E-state index in [1.165, 1.54) is 31.1 Å². The maximum Gasteiger partial charge on any atom is 0.137 e. The lowest BCUT2D eigenvalue weighted by molar-refractivity contribution is 0.669. The van der Waals surface area contributed by atoms with Crippen LogP contribution >= 0.6 is 11.3 Å². The molecule has 0 unspecified atom stereocenters. The summed E-state index contributed by atoms with van der Waals surface area (Å²) in [6.07, 6.45) is 1.92. The molecule has 150 valence electrons. The van der Waals surface area contributed by atoms with Gasteiger partial charge in [0.05, 0.1) is 5.69 Å². The fourth-order valence-corrected chi connectivity index (χ4v) is 5.88. The lowest BCUT2D eigenvalue weighted by Gasteiger charge is -2.09. The molecule has 3 heteroatoms. The van der Waals surface area contributed by atoms with Crippen LogP contribution in [0.3, 0.4) is 0 Å². The summed E-state index contributed by atoms with van der Waals surface area (Å²) >= 11 is 1.82. The third-order valence-electron chi connectivity index (χ3n) is 6.13. The van der Waals surface area contributed by atoms with Crippen LogP contribution in [0, 0.1) is 0 Å². The Bertz CT molecular complexity index is 1690. The van der Waals surface area contributed by atoms with Crippen molar-refractivity contribution in [2.24, 2.45) is 0 Å². The highest BCUT2D eigenvalue weighted by Gasteiger charge is 2.20. The summed E-state index contributed by atoms with van der Waals surface area (Å²) in [7, 11) is 0. The zero-order valence-corrected chi connectivity index (χ0v) is 17.9. The van der Waals surface area contributed by atoms with Crippen molar-refractivity contribution in [3.63, 3.8) is 0 Å². The highest BCUT2D eigenvalue weighted by molar-refractivity contribution is 7.26. The van der Waals surface area contributed by atoms with Gasteiger partial charge in [-0.3, -0.25) is 4.98 Å². The summed E-state index contributed by atoms with van der Waals surface area (Å²) < 4.78 is 8.86. The second kappa shape index (κ2) is 6.78. The molecule has 0 saturated heterocycles. The number of furan rings is 1. The van der Waals surface area contributed by atoms with E-state index in [0.29, 0.717) is 0 Å². The third-order valence-corrected chi connectivity index (χ3v) is 7.24. The molecular weight excluding hydrogens is 410 g/mol. The van der Waals surface area contributed by atoms with E-state index >= 15 is 0 Å². The summed E-state index contributed by atoms with van der Waals surface area (Å²) in [5, 5.41) is 4.89. The van der Waals surface area contributed by atoms with Crippen LogP contribution in [0.15, 0.2) is 108 Å². The van der Waals surface area contributed by atoms with Crippen LogP contribution in [0.25, 0.3) is 64.5 Å². The summed E-state index contributed by atoms with van der Waals surface area (Å²) in [6, 6.07) is 33.9. The zero-order chi connectivity index (χ0) is 21.1. The molecule has 7 rings (SSSR count). The van der Waals surface area contributed by atoms with E-state index in [1.807, 2.05) is 35.7 Å². The Hall–Kier alpha value is -3.95. The van der Waals surface area contributed by atoms with Crippen molar-refractivity contribution in [3.05, 3.63) is 103 Å². The van der Waals surface area contributed by atoms with Gasteiger partial charge in [0.25, 0.3) is 0 Å². The van der Waals surface area contributed by atoms with Gasteiger partial charge in [-0.05, 0) is 35.9 Å². The predicted octanol–water partition coefficient (Wildman–Crippen LogP) is 8.68. The Labute approximate surface area is 188 Å². The van der Waals surface area contributed by atoms with Gasteiger partial charge in [-0.25, -0.2) is 0 Å². The Balaban J connectivity index is 1.67. The van der Waals surface area contributed by atoms with Crippen LogP contribution in [0.5, 0.6) is 0 Å². The molecule has 0 aliphatic carbocycles. The molecule has 0 aliphatic heterocycles. The number of hydrogen-bond acceptors (Lipinski definition) is 3. The molecule has 0 bridgehead atoms. The largest absolute Gasteiger partial charge is 0.456 e. The van der Waals surface area contributed by atoms with Crippen molar-refractivity contribution in [1.29, 1.82) is 0 Å². The van der Waals surface area contributed by atoms with Gasteiger partial charge in [-0.15, -0.1) is 11.3 Å². The minimum atomic E-state index is 0.919. The summed E-state index contributed by atoms with van der Waals surface area (Å²) in [4.78, 5) is 4.67. The van der Waals surface area contributed by atoms with Crippen molar-refractivity contribution in [1.82, 2.24) is 4.98 Å². The van der Waals surface area contributed by atoms with Crippen LogP contribution in [-0.2, 0) is 0 Å².